The van der Waals surface area contributed by atoms with Crippen molar-refractivity contribution in [1.82, 2.24) is 0 Å². The van der Waals surface area contributed by atoms with Gasteiger partial charge in [-0.25, -0.2) is 4.79 Å². The Morgan fingerprint density at radius 3 is 2.55 bits per heavy atom. The monoisotopic (exact) mass is 294 g/mol. The van der Waals surface area contributed by atoms with Crippen molar-refractivity contribution in [2.75, 3.05) is 0 Å². The Kier molecular flexibility index (Phi) is 3.86. The molecule has 1 unspecified atom stereocenters. The number of hydrogen-bond donors (Lipinski definition) is 0. The fraction of sp³-hybridized carbons (Fsp3) is 0.333. The molecule has 0 radical (unpaired) electrons. The number of fused-ring (bicyclic) bond motifs is 1. The van der Waals surface area contributed by atoms with E-state index < -0.39 is 6.10 Å². The fourth-order valence-corrected chi connectivity index (χ4v) is 2.02. The highest BCUT2D eigenvalue weighted by Crippen LogP contribution is 2.32. The molecule has 2 rings (SSSR count). The molecular weight excluding hydrogens is 280 g/mol. The highest BCUT2D eigenvalue weighted by molar-refractivity contribution is 6.32. The highest BCUT2D eigenvalue weighted by Gasteiger charge is 2.15. The quantitative estimate of drug-likeness (QED) is 0.814. The van der Waals surface area contributed by atoms with Crippen molar-refractivity contribution < 1.29 is 13.9 Å². The minimum absolute atomic E-state index is 0.109. The summed E-state index contributed by atoms with van der Waals surface area (Å²) in [5.74, 6) is 0.218. The normalized spacial score (nSPS) is 12.4. The lowest BCUT2D eigenvalue weighted by atomic mass is 10.1. The van der Waals surface area contributed by atoms with E-state index in [4.69, 9.17) is 20.8 Å². The molecule has 2 aromatic rings. The van der Waals surface area contributed by atoms with Crippen molar-refractivity contribution in [3.05, 3.63) is 38.7 Å². The number of rotatable bonds is 3. The van der Waals surface area contributed by atoms with Gasteiger partial charge in [-0.15, -0.1) is 0 Å². The molecule has 0 aliphatic heterocycles. The summed E-state index contributed by atoms with van der Waals surface area (Å²) in [6, 6.07) is 3.23. The maximum absolute atomic E-state index is 11.7. The van der Waals surface area contributed by atoms with Crippen molar-refractivity contribution in [1.29, 1.82) is 0 Å². The van der Waals surface area contributed by atoms with Crippen LogP contribution in [0.3, 0.4) is 0 Å². The van der Waals surface area contributed by atoms with E-state index in [0.29, 0.717) is 21.9 Å². The van der Waals surface area contributed by atoms with Crippen LogP contribution in [0.15, 0.2) is 21.3 Å². The van der Waals surface area contributed by atoms with Crippen LogP contribution in [-0.4, -0.2) is 11.9 Å². The van der Waals surface area contributed by atoms with Crippen molar-refractivity contribution in [2.24, 2.45) is 0 Å². The SMILES string of the molecule is CC(=O)C(C)Oc1cc2oc(=O)c(C)c(C)c2cc1Cl. The number of halogens is 1. The summed E-state index contributed by atoms with van der Waals surface area (Å²) in [6.45, 7) is 6.62. The number of Topliss-reactive ketones (excluding diaryl/α,β-unsaturated/α-hetero) is 1. The molecule has 4 nitrogen and oxygen atoms in total. The third-order valence-corrected chi connectivity index (χ3v) is 3.68. The average molecular weight is 295 g/mol. The number of ketones is 1. The van der Waals surface area contributed by atoms with Crippen molar-refractivity contribution in [2.45, 2.75) is 33.8 Å². The minimum Gasteiger partial charge on any atom is -0.481 e. The zero-order chi connectivity index (χ0) is 15.0. The summed E-state index contributed by atoms with van der Waals surface area (Å²) >= 11 is 6.16. The van der Waals surface area contributed by atoms with Gasteiger partial charge in [-0.2, -0.15) is 0 Å². The molecule has 1 aromatic carbocycles. The Bertz CT molecular complexity index is 746. The number of carbonyl (C=O) groups is 1. The van der Waals surface area contributed by atoms with Crippen LogP contribution in [0.4, 0.5) is 0 Å². The molecule has 0 amide bonds. The smallest absolute Gasteiger partial charge is 0.339 e. The van der Waals surface area contributed by atoms with Crippen LogP contribution in [-0.2, 0) is 4.79 Å². The minimum atomic E-state index is -0.608. The van der Waals surface area contributed by atoms with E-state index in [1.165, 1.54) is 6.92 Å². The number of ether oxygens (including phenoxy) is 1. The fourth-order valence-electron chi connectivity index (χ4n) is 1.81. The molecule has 0 aliphatic carbocycles. The van der Waals surface area contributed by atoms with Gasteiger partial charge in [0.15, 0.2) is 11.9 Å². The average Bonchev–Trinajstić information content (AvgIpc) is 2.38. The van der Waals surface area contributed by atoms with E-state index in [1.54, 1.807) is 26.0 Å². The summed E-state index contributed by atoms with van der Waals surface area (Å²) in [5, 5.41) is 1.14. The highest BCUT2D eigenvalue weighted by atomic mass is 35.5. The Balaban J connectivity index is 2.60. The van der Waals surface area contributed by atoms with Gasteiger partial charge < -0.3 is 9.15 Å². The van der Waals surface area contributed by atoms with Gasteiger partial charge in [0.25, 0.3) is 0 Å². The van der Waals surface area contributed by atoms with E-state index in [2.05, 4.69) is 0 Å². The van der Waals surface area contributed by atoms with Gasteiger partial charge in [0, 0.05) is 17.0 Å². The third-order valence-electron chi connectivity index (χ3n) is 3.39. The molecule has 1 aromatic heterocycles. The predicted molar refractivity (Wildman–Crippen MR) is 77.7 cm³/mol. The maximum Gasteiger partial charge on any atom is 0.339 e. The molecule has 0 N–H and O–H groups in total. The van der Waals surface area contributed by atoms with Crippen LogP contribution in [0, 0.1) is 13.8 Å². The molecule has 20 heavy (non-hydrogen) atoms. The van der Waals surface area contributed by atoms with Gasteiger partial charge in [-0.3, -0.25) is 4.79 Å². The first kappa shape index (κ1) is 14.6. The van der Waals surface area contributed by atoms with Crippen LogP contribution in [0.5, 0.6) is 5.75 Å². The van der Waals surface area contributed by atoms with Crippen LogP contribution in [0.25, 0.3) is 11.0 Å². The maximum atomic E-state index is 11.7. The van der Waals surface area contributed by atoms with E-state index >= 15 is 0 Å². The molecule has 1 atom stereocenters. The number of hydrogen-bond acceptors (Lipinski definition) is 4. The van der Waals surface area contributed by atoms with Gasteiger partial charge in [-0.05, 0) is 39.3 Å². The van der Waals surface area contributed by atoms with E-state index in [0.717, 1.165) is 10.9 Å². The number of benzene rings is 1. The lowest BCUT2D eigenvalue weighted by Gasteiger charge is -2.14. The van der Waals surface area contributed by atoms with Gasteiger partial charge in [-0.1, -0.05) is 11.6 Å². The van der Waals surface area contributed by atoms with E-state index in [9.17, 15) is 9.59 Å². The summed E-state index contributed by atoms with van der Waals surface area (Å²) in [7, 11) is 0. The van der Waals surface area contributed by atoms with Crippen molar-refractivity contribution >= 4 is 28.4 Å². The summed E-state index contributed by atoms with van der Waals surface area (Å²) < 4.78 is 10.7. The van der Waals surface area contributed by atoms with Crippen molar-refractivity contribution in [3.8, 4) is 5.75 Å². The molecule has 0 aliphatic rings. The van der Waals surface area contributed by atoms with E-state index in [1.807, 2.05) is 6.92 Å². The second-order valence-corrected chi connectivity index (χ2v) is 5.20. The first-order valence-electron chi connectivity index (χ1n) is 6.22. The predicted octanol–water partition coefficient (Wildman–Crippen LogP) is 3.42. The Labute approximate surface area is 121 Å². The molecule has 1 heterocycles. The molecule has 0 saturated carbocycles. The zero-order valence-corrected chi connectivity index (χ0v) is 12.5. The van der Waals surface area contributed by atoms with Gasteiger partial charge in [0.05, 0.1) is 5.02 Å². The number of carbonyl (C=O) groups excluding carboxylic acids is 1. The first-order chi connectivity index (χ1) is 9.31. The van der Waals surface area contributed by atoms with Crippen LogP contribution in [0.2, 0.25) is 5.02 Å². The Hall–Kier alpha value is -1.81. The summed E-state index contributed by atoms with van der Waals surface area (Å²) in [6.07, 6.45) is -0.608. The van der Waals surface area contributed by atoms with Gasteiger partial charge in [0.1, 0.15) is 11.3 Å². The lowest BCUT2D eigenvalue weighted by Crippen LogP contribution is -2.20. The standard InChI is InChI=1S/C15H15ClO4/c1-7-8(2)15(18)20-13-6-14(12(16)5-11(7)13)19-10(4)9(3)17/h5-6,10H,1-4H3. The van der Waals surface area contributed by atoms with Crippen LogP contribution >= 0.6 is 11.6 Å². The Morgan fingerprint density at radius 2 is 1.95 bits per heavy atom. The van der Waals surface area contributed by atoms with Crippen molar-refractivity contribution in [3.63, 3.8) is 0 Å². The van der Waals surface area contributed by atoms with E-state index in [-0.39, 0.29) is 11.4 Å². The number of aryl methyl sites for hydroxylation is 1. The first-order valence-corrected chi connectivity index (χ1v) is 6.59. The topological polar surface area (TPSA) is 56.5 Å². The van der Waals surface area contributed by atoms with Crippen LogP contribution in [0.1, 0.15) is 25.0 Å². The van der Waals surface area contributed by atoms with Crippen LogP contribution < -0.4 is 10.4 Å². The molecule has 106 valence electrons. The zero-order valence-electron chi connectivity index (χ0n) is 11.7. The van der Waals surface area contributed by atoms with Gasteiger partial charge in [0.2, 0.25) is 0 Å². The Morgan fingerprint density at radius 1 is 1.30 bits per heavy atom. The summed E-state index contributed by atoms with van der Waals surface area (Å²) in [4.78, 5) is 22.9. The molecule has 5 heteroatoms. The third kappa shape index (κ3) is 2.56. The lowest BCUT2D eigenvalue weighted by molar-refractivity contribution is -0.122. The molecule has 0 saturated heterocycles. The largest absolute Gasteiger partial charge is 0.481 e. The molecule has 0 fully saturated rings. The second-order valence-electron chi connectivity index (χ2n) is 4.79. The molecule has 0 spiro atoms. The second kappa shape index (κ2) is 5.29. The van der Waals surface area contributed by atoms with Gasteiger partial charge >= 0.3 is 5.63 Å². The molecule has 0 bridgehead atoms. The summed E-state index contributed by atoms with van der Waals surface area (Å²) in [5.41, 5.74) is 1.39. The molecular formula is C15H15ClO4.